The standard InChI is InChI=1S/C14H17N5O/c1-19(10-12-3-2-5-16-8-12)9-11-4-6-17-13(7-11)14(15)18-20/h2-8,20H,9-10H2,1H3,(H2,15,18). The lowest BCUT2D eigenvalue weighted by atomic mass is 10.2. The molecule has 2 aromatic rings. The first-order valence-electron chi connectivity index (χ1n) is 6.19. The molecule has 2 heterocycles. The van der Waals surface area contributed by atoms with Crippen molar-refractivity contribution in [3.05, 3.63) is 59.7 Å². The van der Waals surface area contributed by atoms with Crippen LogP contribution in [0.5, 0.6) is 0 Å². The van der Waals surface area contributed by atoms with Crippen LogP contribution < -0.4 is 5.73 Å². The zero-order valence-electron chi connectivity index (χ0n) is 11.3. The van der Waals surface area contributed by atoms with Crippen LogP contribution in [0.15, 0.2) is 48.0 Å². The summed E-state index contributed by atoms with van der Waals surface area (Å²) in [4.78, 5) is 10.3. The van der Waals surface area contributed by atoms with Gasteiger partial charge in [0.1, 0.15) is 5.69 Å². The summed E-state index contributed by atoms with van der Waals surface area (Å²) in [5.74, 6) is 0.0155. The van der Waals surface area contributed by atoms with Crippen molar-refractivity contribution in [3.63, 3.8) is 0 Å². The van der Waals surface area contributed by atoms with Gasteiger partial charge in [0, 0.05) is 31.7 Å². The average Bonchev–Trinajstić information content (AvgIpc) is 2.47. The predicted molar refractivity (Wildman–Crippen MR) is 76.2 cm³/mol. The van der Waals surface area contributed by atoms with E-state index < -0.39 is 0 Å². The first kappa shape index (κ1) is 14.0. The third kappa shape index (κ3) is 3.76. The number of amidine groups is 1. The van der Waals surface area contributed by atoms with Gasteiger partial charge in [-0.25, -0.2) is 0 Å². The van der Waals surface area contributed by atoms with E-state index in [-0.39, 0.29) is 5.84 Å². The monoisotopic (exact) mass is 271 g/mol. The van der Waals surface area contributed by atoms with Gasteiger partial charge in [-0.2, -0.15) is 0 Å². The summed E-state index contributed by atoms with van der Waals surface area (Å²) < 4.78 is 0. The second-order valence-electron chi connectivity index (χ2n) is 4.57. The highest BCUT2D eigenvalue weighted by Crippen LogP contribution is 2.08. The number of hydrogen-bond donors (Lipinski definition) is 2. The van der Waals surface area contributed by atoms with Gasteiger partial charge < -0.3 is 10.9 Å². The van der Waals surface area contributed by atoms with Gasteiger partial charge >= 0.3 is 0 Å². The van der Waals surface area contributed by atoms with Crippen molar-refractivity contribution < 1.29 is 5.21 Å². The fraction of sp³-hybridized carbons (Fsp3) is 0.214. The van der Waals surface area contributed by atoms with E-state index in [1.54, 1.807) is 12.4 Å². The van der Waals surface area contributed by atoms with Crippen molar-refractivity contribution >= 4 is 5.84 Å². The quantitative estimate of drug-likeness (QED) is 0.369. The van der Waals surface area contributed by atoms with E-state index in [2.05, 4.69) is 20.0 Å². The van der Waals surface area contributed by atoms with E-state index in [1.165, 1.54) is 0 Å². The maximum absolute atomic E-state index is 8.66. The Balaban J connectivity index is 2.03. The molecule has 2 rings (SSSR count). The molecule has 0 atom stereocenters. The lowest BCUT2D eigenvalue weighted by Crippen LogP contribution is -2.19. The maximum atomic E-state index is 8.66. The lowest BCUT2D eigenvalue weighted by molar-refractivity contribution is 0.317. The first-order valence-corrected chi connectivity index (χ1v) is 6.19. The lowest BCUT2D eigenvalue weighted by Gasteiger charge is -2.16. The van der Waals surface area contributed by atoms with Crippen molar-refractivity contribution in [1.82, 2.24) is 14.9 Å². The molecule has 0 bridgehead atoms. The Morgan fingerprint density at radius 2 is 2.10 bits per heavy atom. The molecule has 0 radical (unpaired) electrons. The molecule has 0 aliphatic rings. The fourth-order valence-electron chi connectivity index (χ4n) is 1.93. The Hall–Kier alpha value is -2.47. The Labute approximate surface area is 117 Å². The average molecular weight is 271 g/mol. The molecule has 0 saturated carbocycles. The van der Waals surface area contributed by atoms with Crippen LogP contribution in [0.1, 0.15) is 16.8 Å². The van der Waals surface area contributed by atoms with Gasteiger partial charge in [-0.3, -0.25) is 14.9 Å². The molecule has 20 heavy (non-hydrogen) atoms. The van der Waals surface area contributed by atoms with Crippen LogP contribution in [0, 0.1) is 0 Å². The molecule has 6 nitrogen and oxygen atoms in total. The number of oxime groups is 1. The molecule has 0 unspecified atom stereocenters. The second-order valence-corrected chi connectivity index (χ2v) is 4.57. The minimum Gasteiger partial charge on any atom is -0.409 e. The minimum absolute atomic E-state index is 0.0155. The molecule has 0 spiro atoms. The summed E-state index contributed by atoms with van der Waals surface area (Å²) in [5, 5.41) is 11.6. The largest absolute Gasteiger partial charge is 0.409 e. The van der Waals surface area contributed by atoms with Crippen LogP contribution in [-0.4, -0.2) is 33.0 Å². The van der Waals surface area contributed by atoms with Crippen molar-refractivity contribution in [1.29, 1.82) is 0 Å². The Kier molecular flexibility index (Phi) is 4.62. The first-order chi connectivity index (χ1) is 9.69. The van der Waals surface area contributed by atoms with E-state index in [9.17, 15) is 0 Å². The summed E-state index contributed by atoms with van der Waals surface area (Å²) >= 11 is 0. The minimum atomic E-state index is 0.0155. The highest BCUT2D eigenvalue weighted by Gasteiger charge is 2.05. The Morgan fingerprint density at radius 1 is 1.30 bits per heavy atom. The summed E-state index contributed by atoms with van der Waals surface area (Å²) in [7, 11) is 2.02. The zero-order chi connectivity index (χ0) is 14.4. The number of hydrogen-bond acceptors (Lipinski definition) is 5. The molecule has 0 amide bonds. The van der Waals surface area contributed by atoms with Gasteiger partial charge in [0.15, 0.2) is 5.84 Å². The summed E-state index contributed by atoms with van der Waals surface area (Å²) in [6.07, 6.45) is 5.27. The zero-order valence-corrected chi connectivity index (χ0v) is 11.3. The van der Waals surface area contributed by atoms with Gasteiger partial charge in [0.2, 0.25) is 0 Å². The molecule has 6 heteroatoms. The highest BCUT2D eigenvalue weighted by molar-refractivity contribution is 5.95. The van der Waals surface area contributed by atoms with Crippen LogP contribution in [0.3, 0.4) is 0 Å². The van der Waals surface area contributed by atoms with E-state index in [4.69, 9.17) is 10.9 Å². The fourth-order valence-corrected chi connectivity index (χ4v) is 1.93. The highest BCUT2D eigenvalue weighted by atomic mass is 16.4. The third-order valence-electron chi connectivity index (χ3n) is 2.82. The molecular weight excluding hydrogens is 254 g/mol. The molecule has 2 aromatic heterocycles. The van der Waals surface area contributed by atoms with Gasteiger partial charge in [0.05, 0.1) is 0 Å². The van der Waals surface area contributed by atoms with Gasteiger partial charge in [-0.05, 0) is 36.4 Å². The van der Waals surface area contributed by atoms with E-state index in [0.717, 1.165) is 24.2 Å². The normalized spacial score (nSPS) is 11.8. The Bertz CT molecular complexity index is 585. The SMILES string of the molecule is CN(Cc1cccnc1)Cc1ccnc(C(N)=NO)c1. The van der Waals surface area contributed by atoms with Crippen LogP contribution >= 0.6 is 0 Å². The number of nitrogens with zero attached hydrogens (tertiary/aromatic N) is 4. The Morgan fingerprint density at radius 3 is 2.80 bits per heavy atom. The number of nitrogens with two attached hydrogens (primary N) is 1. The second kappa shape index (κ2) is 6.63. The molecule has 0 saturated heterocycles. The summed E-state index contributed by atoms with van der Waals surface area (Å²) in [6, 6.07) is 7.69. The van der Waals surface area contributed by atoms with Crippen molar-refractivity contribution in [3.8, 4) is 0 Å². The van der Waals surface area contributed by atoms with Crippen molar-refractivity contribution in [2.75, 3.05) is 7.05 Å². The molecule has 0 aromatic carbocycles. The number of pyridine rings is 2. The van der Waals surface area contributed by atoms with Crippen molar-refractivity contribution in [2.24, 2.45) is 10.9 Å². The van der Waals surface area contributed by atoms with Crippen LogP contribution in [0.4, 0.5) is 0 Å². The summed E-state index contributed by atoms with van der Waals surface area (Å²) in [6.45, 7) is 1.54. The number of rotatable bonds is 5. The topological polar surface area (TPSA) is 87.6 Å². The van der Waals surface area contributed by atoms with Gasteiger partial charge in [-0.15, -0.1) is 0 Å². The molecule has 0 aliphatic heterocycles. The summed E-state index contributed by atoms with van der Waals surface area (Å²) in [5.41, 5.74) is 8.21. The molecule has 0 fully saturated rings. The van der Waals surface area contributed by atoms with E-state index >= 15 is 0 Å². The predicted octanol–water partition coefficient (Wildman–Crippen LogP) is 1.20. The van der Waals surface area contributed by atoms with E-state index in [1.807, 2.05) is 37.5 Å². The van der Waals surface area contributed by atoms with Crippen LogP contribution in [0.25, 0.3) is 0 Å². The number of aromatic nitrogens is 2. The van der Waals surface area contributed by atoms with Gasteiger partial charge in [-0.1, -0.05) is 11.2 Å². The van der Waals surface area contributed by atoms with E-state index in [0.29, 0.717) is 5.69 Å². The van der Waals surface area contributed by atoms with Crippen LogP contribution in [0.2, 0.25) is 0 Å². The maximum Gasteiger partial charge on any atom is 0.188 e. The molecule has 3 N–H and O–H groups in total. The molecular formula is C14H17N5O. The van der Waals surface area contributed by atoms with Gasteiger partial charge in [0.25, 0.3) is 0 Å². The molecule has 104 valence electrons. The van der Waals surface area contributed by atoms with Crippen molar-refractivity contribution in [2.45, 2.75) is 13.1 Å². The smallest absolute Gasteiger partial charge is 0.188 e. The van der Waals surface area contributed by atoms with Crippen LogP contribution in [-0.2, 0) is 13.1 Å². The molecule has 0 aliphatic carbocycles. The third-order valence-corrected chi connectivity index (χ3v) is 2.82.